The fourth-order valence-corrected chi connectivity index (χ4v) is 5.95. The molecule has 3 aromatic heterocycles. The van der Waals surface area contributed by atoms with Crippen LogP contribution in [-0.4, -0.2) is 9.55 Å². The van der Waals surface area contributed by atoms with E-state index in [4.69, 9.17) is 4.42 Å². The zero-order chi connectivity index (χ0) is 24.4. The van der Waals surface area contributed by atoms with Gasteiger partial charge < -0.3 is 8.98 Å². The van der Waals surface area contributed by atoms with Crippen LogP contribution in [0.4, 0.5) is 0 Å². The Bertz CT molecular complexity index is 1890. The molecule has 36 heavy (non-hydrogen) atoms. The predicted octanol–water partition coefficient (Wildman–Crippen LogP) is 8.88. The smallest absolute Gasteiger partial charge is 0.144 e. The highest BCUT2D eigenvalue weighted by molar-refractivity contribution is 6.30. The van der Waals surface area contributed by atoms with E-state index < -0.39 is 0 Å². The van der Waals surface area contributed by atoms with Crippen molar-refractivity contribution in [1.29, 1.82) is 0 Å². The Balaban J connectivity index is 1.87. The number of hydrogen-bond donors (Lipinski definition) is 0. The summed E-state index contributed by atoms with van der Waals surface area (Å²) in [6, 6.07) is 21.2. The first kappa shape index (κ1) is 21.0. The van der Waals surface area contributed by atoms with Gasteiger partial charge in [-0.1, -0.05) is 81.1 Å². The normalized spacial score (nSPS) is 17.2. The summed E-state index contributed by atoms with van der Waals surface area (Å²) >= 11 is 0. The van der Waals surface area contributed by atoms with Crippen molar-refractivity contribution < 1.29 is 4.42 Å². The van der Waals surface area contributed by atoms with Crippen LogP contribution < -0.4 is 0 Å². The van der Waals surface area contributed by atoms with Gasteiger partial charge in [0.25, 0.3) is 0 Å². The first-order chi connectivity index (χ1) is 17.6. The number of aromatic nitrogens is 2. The van der Waals surface area contributed by atoms with Gasteiger partial charge in [-0.15, -0.1) is 0 Å². The van der Waals surface area contributed by atoms with E-state index in [1.807, 2.05) is 24.5 Å². The number of fused-ring (bicyclic) bond motifs is 10. The van der Waals surface area contributed by atoms with Crippen LogP contribution in [0.15, 0.2) is 108 Å². The summed E-state index contributed by atoms with van der Waals surface area (Å²) in [5, 5.41) is 4.71. The minimum absolute atomic E-state index is 0.180. The van der Waals surface area contributed by atoms with Crippen molar-refractivity contribution in [1.82, 2.24) is 9.55 Å². The molecule has 0 unspecified atom stereocenters. The number of hydrogen-bond acceptors (Lipinski definition) is 2. The van der Waals surface area contributed by atoms with Crippen molar-refractivity contribution in [2.24, 2.45) is 0 Å². The molecule has 0 atom stereocenters. The molecule has 0 bridgehead atoms. The van der Waals surface area contributed by atoms with E-state index in [0.29, 0.717) is 0 Å². The molecule has 0 N–H and O–H groups in total. The van der Waals surface area contributed by atoms with Crippen LogP contribution in [0, 0.1) is 0 Å². The van der Waals surface area contributed by atoms with E-state index in [1.54, 1.807) is 0 Å². The lowest BCUT2D eigenvalue weighted by atomic mass is 9.76. The van der Waals surface area contributed by atoms with Gasteiger partial charge >= 0.3 is 0 Å². The Morgan fingerprint density at radius 1 is 0.917 bits per heavy atom. The fraction of sp³-hybridized carbons (Fsp3) is 0.121. The van der Waals surface area contributed by atoms with Crippen LogP contribution in [0.1, 0.15) is 31.4 Å². The summed E-state index contributed by atoms with van der Waals surface area (Å²) in [6.45, 7) is 9.20. The lowest BCUT2D eigenvalue weighted by Gasteiger charge is -2.29. The molecule has 0 saturated heterocycles. The topological polar surface area (TPSA) is 31.0 Å². The molecular formula is C33H26N2O. The third-order valence-electron chi connectivity index (χ3n) is 7.51. The molecule has 0 aliphatic heterocycles. The molecule has 3 heterocycles. The number of benzene rings is 3. The first-order valence-corrected chi connectivity index (χ1v) is 12.4. The molecule has 174 valence electrons. The Kier molecular flexibility index (Phi) is 4.40. The third kappa shape index (κ3) is 2.83. The first-order valence-electron chi connectivity index (χ1n) is 12.4. The molecule has 0 spiro atoms. The Hall–Kier alpha value is -4.37. The summed E-state index contributed by atoms with van der Waals surface area (Å²) in [5.41, 5.74) is 8.34. The molecule has 0 saturated carbocycles. The van der Waals surface area contributed by atoms with Crippen LogP contribution in [0.2, 0.25) is 0 Å². The third-order valence-corrected chi connectivity index (χ3v) is 7.51. The number of nitrogens with zero attached hydrogens (tertiary/aromatic N) is 2. The molecule has 0 amide bonds. The zero-order valence-electron chi connectivity index (χ0n) is 20.5. The van der Waals surface area contributed by atoms with Gasteiger partial charge in [-0.2, -0.15) is 0 Å². The van der Waals surface area contributed by atoms with E-state index >= 15 is 0 Å². The monoisotopic (exact) mass is 466 g/mol. The highest BCUT2D eigenvalue weighted by Crippen LogP contribution is 2.50. The van der Waals surface area contributed by atoms with Gasteiger partial charge in [0.2, 0.25) is 0 Å². The molecular weight excluding hydrogens is 440 g/mol. The van der Waals surface area contributed by atoms with E-state index in [1.165, 1.54) is 21.9 Å². The van der Waals surface area contributed by atoms with Crippen LogP contribution in [0.5, 0.6) is 0 Å². The van der Waals surface area contributed by atoms with Gasteiger partial charge in [0, 0.05) is 33.3 Å². The SMILES string of the molecule is C=C1/C=C\C=C/CC(C)(C)c2c1c1oc3ccccc3c1c1c3ccccc3n(-c3cccnc3)c21. The molecule has 7 rings (SSSR count). The Morgan fingerprint density at radius 2 is 1.72 bits per heavy atom. The highest BCUT2D eigenvalue weighted by atomic mass is 16.3. The fourth-order valence-electron chi connectivity index (χ4n) is 5.95. The van der Waals surface area contributed by atoms with Gasteiger partial charge in [0.15, 0.2) is 0 Å². The van der Waals surface area contributed by atoms with Gasteiger partial charge in [-0.05, 0) is 47.2 Å². The Morgan fingerprint density at radius 3 is 2.56 bits per heavy atom. The molecule has 3 nitrogen and oxygen atoms in total. The summed E-state index contributed by atoms with van der Waals surface area (Å²) in [6.07, 6.45) is 13.2. The number of para-hydroxylation sites is 2. The quantitative estimate of drug-likeness (QED) is 0.242. The summed E-state index contributed by atoms with van der Waals surface area (Å²) in [5.74, 6) is 0. The summed E-state index contributed by atoms with van der Waals surface area (Å²) < 4.78 is 9.07. The molecule has 3 aromatic carbocycles. The molecule has 0 radical (unpaired) electrons. The van der Waals surface area contributed by atoms with Crippen molar-refractivity contribution >= 4 is 49.3 Å². The highest BCUT2D eigenvalue weighted by Gasteiger charge is 2.33. The Labute approximate surface area is 209 Å². The van der Waals surface area contributed by atoms with Crippen molar-refractivity contribution in [2.45, 2.75) is 25.7 Å². The number of rotatable bonds is 1. The van der Waals surface area contributed by atoms with Crippen molar-refractivity contribution in [3.05, 3.63) is 115 Å². The van der Waals surface area contributed by atoms with E-state index in [9.17, 15) is 0 Å². The summed E-state index contributed by atoms with van der Waals surface area (Å²) in [4.78, 5) is 4.49. The van der Waals surface area contributed by atoms with Crippen LogP contribution >= 0.6 is 0 Å². The average Bonchev–Trinajstić information content (AvgIpc) is 3.44. The molecule has 1 aliphatic carbocycles. The second kappa shape index (κ2) is 7.56. The second-order valence-electron chi connectivity index (χ2n) is 10.2. The zero-order valence-corrected chi connectivity index (χ0v) is 20.5. The van der Waals surface area contributed by atoms with Crippen LogP contribution in [0.25, 0.3) is 55.0 Å². The maximum atomic E-state index is 6.69. The number of furan rings is 1. The minimum Gasteiger partial charge on any atom is -0.455 e. The lowest BCUT2D eigenvalue weighted by Crippen LogP contribution is -2.20. The van der Waals surface area contributed by atoms with Gasteiger partial charge in [0.05, 0.1) is 22.9 Å². The van der Waals surface area contributed by atoms with Crippen LogP contribution in [0.3, 0.4) is 0 Å². The van der Waals surface area contributed by atoms with Gasteiger partial charge in [-0.25, -0.2) is 0 Å². The molecule has 1 aliphatic rings. The standard InChI is InChI=1S/C33H26N2O/c1-21-12-5-4-10-18-33(2,3)30-27(21)32-29(24-15-7-9-17-26(24)36-32)28-23-14-6-8-16-25(23)35(31(28)30)22-13-11-19-34-20-22/h4-17,19-20H,1,18H2,2-3H3/b10-4-,12-5-. The predicted molar refractivity (Wildman–Crippen MR) is 151 cm³/mol. The average molecular weight is 467 g/mol. The molecule has 0 fully saturated rings. The number of pyridine rings is 1. The maximum absolute atomic E-state index is 6.69. The van der Waals surface area contributed by atoms with E-state index in [-0.39, 0.29) is 5.41 Å². The lowest BCUT2D eigenvalue weighted by molar-refractivity contribution is 0.535. The van der Waals surface area contributed by atoms with Crippen molar-refractivity contribution in [3.8, 4) is 5.69 Å². The summed E-state index contributed by atoms with van der Waals surface area (Å²) in [7, 11) is 0. The molecule has 6 aromatic rings. The number of allylic oxidation sites excluding steroid dienone is 5. The van der Waals surface area contributed by atoms with Crippen LogP contribution in [-0.2, 0) is 5.41 Å². The largest absolute Gasteiger partial charge is 0.455 e. The van der Waals surface area contributed by atoms with E-state index in [2.05, 4.69) is 103 Å². The van der Waals surface area contributed by atoms with E-state index in [0.717, 1.165) is 50.7 Å². The maximum Gasteiger partial charge on any atom is 0.144 e. The van der Waals surface area contributed by atoms with Gasteiger partial charge in [0.1, 0.15) is 11.2 Å². The van der Waals surface area contributed by atoms with Gasteiger partial charge in [-0.3, -0.25) is 4.98 Å². The van der Waals surface area contributed by atoms with Crippen molar-refractivity contribution in [2.75, 3.05) is 0 Å². The second-order valence-corrected chi connectivity index (χ2v) is 10.2. The minimum atomic E-state index is -0.180. The van der Waals surface area contributed by atoms with Crippen molar-refractivity contribution in [3.63, 3.8) is 0 Å². The molecule has 3 heteroatoms.